The number of hydrogen-bond acceptors (Lipinski definition) is 2. The molecule has 0 unspecified atom stereocenters. The van der Waals surface area contributed by atoms with E-state index < -0.39 is 70.7 Å². The Kier molecular flexibility index (Phi) is 5.36. The van der Waals surface area contributed by atoms with Gasteiger partial charge in [-0.15, -0.1) is 0 Å². The molecular formula is C15H6F13NO2. The van der Waals surface area contributed by atoms with Crippen molar-refractivity contribution < 1.29 is 66.7 Å². The maximum atomic E-state index is 13.9. The molecule has 0 radical (unpaired) electrons. The molecule has 1 aromatic rings. The first kappa shape index (κ1) is 24.7. The molecule has 0 aliphatic carbocycles. The molecule has 0 bridgehead atoms. The number of carbonyl (C=O) groups is 2. The molecule has 1 heterocycles. The van der Waals surface area contributed by atoms with E-state index in [-0.39, 0.29) is 0 Å². The van der Waals surface area contributed by atoms with Crippen LogP contribution in [0, 0.1) is 0 Å². The van der Waals surface area contributed by atoms with Gasteiger partial charge in [-0.25, -0.2) is 0 Å². The fraction of sp³-hybridized carbons (Fsp3) is 0.467. The minimum atomic E-state index is -7.98. The average Bonchev–Trinajstić information content (AvgIpc) is 2.86. The number of carbonyl (C=O) groups excluding carboxylic acids is 2. The summed E-state index contributed by atoms with van der Waals surface area (Å²) in [5.74, 6) is -39.6. The Morgan fingerprint density at radius 2 is 1.06 bits per heavy atom. The molecule has 0 spiro atoms. The summed E-state index contributed by atoms with van der Waals surface area (Å²) in [5, 5.41) is 1.65. The van der Waals surface area contributed by atoms with Crippen LogP contribution in [0.4, 0.5) is 57.1 Å². The SMILES string of the molecule is O=C1NC(=O)c2cc(CC(F)(F)C(F)(F)C(F)(F)C(F)(F)C(F)(F)C(F)(F)F)ccc21. The number of rotatable bonds is 6. The van der Waals surface area contributed by atoms with E-state index >= 15 is 0 Å². The molecule has 0 aromatic heterocycles. The predicted octanol–water partition coefficient (Wildman–Crippen LogP) is 4.85. The fourth-order valence-corrected chi connectivity index (χ4v) is 2.49. The number of benzene rings is 1. The Morgan fingerprint density at radius 3 is 1.55 bits per heavy atom. The van der Waals surface area contributed by atoms with Gasteiger partial charge in [-0.2, -0.15) is 57.1 Å². The Bertz CT molecular complexity index is 920. The molecule has 1 aromatic carbocycles. The first-order valence-electron chi connectivity index (χ1n) is 7.56. The van der Waals surface area contributed by atoms with Gasteiger partial charge in [0, 0.05) is 6.42 Å². The molecule has 174 valence electrons. The van der Waals surface area contributed by atoms with Gasteiger partial charge in [-0.05, 0) is 17.7 Å². The van der Waals surface area contributed by atoms with Crippen molar-refractivity contribution in [2.75, 3.05) is 0 Å². The smallest absolute Gasteiger partial charge is 0.288 e. The predicted molar refractivity (Wildman–Crippen MR) is 72.7 cm³/mol. The van der Waals surface area contributed by atoms with Crippen molar-refractivity contribution in [1.29, 1.82) is 0 Å². The second kappa shape index (κ2) is 6.72. The summed E-state index contributed by atoms with van der Waals surface area (Å²) >= 11 is 0. The highest BCUT2D eigenvalue weighted by atomic mass is 19.4. The van der Waals surface area contributed by atoms with Crippen molar-refractivity contribution in [2.45, 2.75) is 42.2 Å². The van der Waals surface area contributed by atoms with Crippen LogP contribution in [0.3, 0.4) is 0 Å². The van der Waals surface area contributed by atoms with Crippen LogP contribution in [0.5, 0.6) is 0 Å². The molecule has 16 heteroatoms. The Labute approximate surface area is 162 Å². The van der Waals surface area contributed by atoms with E-state index in [0.717, 1.165) is 0 Å². The standard InChI is InChI=1S/C15H6F13NO2/c16-10(17,4-5-1-2-6-7(3-5)9(31)29-8(6)30)11(18,19)12(20,21)13(22,23)14(24,25)15(26,27)28/h1-3H,4H2,(H,29,30,31). The van der Waals surface area contributed by atoms with E-state index in [2.05, 4.69) is 0 Å². The summed E-state index contributed by atoms with van der Waals surface area (Å²) in [4.78, 5) is 22.7. The zero-order valence-corrected chi connectivity index (χ0v) is 14.2. The lowest BCUT2D eigenvalue weighted by atomic mass is 9.90. The number of fused-ring (bicyclic) bond motifs is 1. The van der Waals surface area contributed by atoms with Gasteiger partial charge in [0.1, 0.15) is 0 Å². The number of alkyl halides is 13. The zero-order chi connectivity index (χ0) is 24.4. The van der Waals surface area contributed by atoms with Crippen LogP contribution >= 0.6 is 0 Å². The average molecular weight is 479 g/mol. The lowest BCUT2D eigenvalue weighted by Crippen LogP contribution is -2.70. The van der Waals surface area contributed by atoms with E-state index in [1.165, 1.54) is 0 Å². The molecule has 2 amide bonds. The van der Waals surface area contributed by atoms with Gasteiger partial charge in [-0.1, -0.05) is 6.07 Å². The van der Waals surface area contributed by atoms with E-state index in [1.54, 1.807) is 5.32 Å². The fourth-order valence-electron chi connectivity index (χ4n) is 2.49. The van der Waals surface area contributed by atoms with Crippen molar-refractivity contribution in [3.8, 4) is 0 Å². The van der Waals surface area contributed by atoms with Crippen LogP contribution in [0.1, 0.15) is 26.3 Å². The molecule has 1 N–H and O–H groups in total. The van der Waals surface area contributed by atoms with Crippen molar-refractivity contribution in [1.82, 2.24) is 5.32 Å². The molecule has 0 atom stereocenters. The van der Waals surface area contributed by atoms with E-state index in [9.17, 15) is 66.7 Å². The van der Waals surface area contributed by atoms with Crippen LogP contribution in [0.25, 0.3) is 0 Å². The highest BCUT2D eigenvalue weighted by Crippen LogP contribution is 2.60. The highest BCUT2D eigenvalue weighted by Gasteiger charge is 2.90. The van der Waals surface area contributed by atoms with Crippen molar-refractivity contribution in [3.63, 3.8) is 0 Å². The maximum absolute atomic E-state index is 13.9. The minimum absolute atomic E-state index is 0.333. The summed E-state index contributed by atoms with van der Waals surface area (Å²) in [7, 11) is 0. The van der Waals surface area contributed by atoms with E-state index in [4.69, 9.17) is 0 Å². The van der Waals surface area contributed by atoms with Gasteiger partial charge in [0.2, 0.25) is 0 Å². The van der Waals surface area contributed by atoms with Gasteiger partial charge in [0.15, 0.2) is 0 Å². The van der Waals surface area contributed by atoms with Gasteiger partial charge >= 0.3 is 35.8 Å². The normalized spacial score (nSPS) is 16.4. The summed E-state index contributed by atoms with van der Waals surface area (Å²) in [6.07, 6.45) is -10.1. The monoisotopic (exact) mass is 479 g/mol. The van der Waals surface area contributed by atoms with Crippen LogP contribution in [-0.4, -0.2) is 47.6 Å². The summed E-state index contributed by atoms with van der Waals surface area (Å²) < 4.78 is 170. The Hall–Kier alpha value is -2.55. The zero-order valence-electron chi connectivity index (χ0n) is 14.2. The van der Waals surface area contributed by atoms with Crippen LogP contribution in [0.2, 0.25) is 0 Å². The Morgan fingerprint density at radius 1 is 0.613 bits per heavy atom. The number of imide groups is 1. The van der Waals surface area contributed by atoms with Crippen LogP contribution in [-0.2, 0) is 6.42 Å². The van der Waals surface area contributed by atoms with Gasteiger partial charge in [-0.3, -0.25) is 14.9 Å². The molecule has 0 saturated heterocycles. The lowest BCUT2D eigenvalue weighted by molar-refractivity contribution is -0.439. The first-order chi connectivity index (χ1) is 13.6. The summed E-state index contributed by atoms with van der Waals surface area (Å²) in [5.41, 5.74) is -2.23. The number of nitrogens with one attached hydrogen (secondary N) is 1. The maximum Gasteiger partial charge on any atom is 0.460 e. The van der Waals surface area contributed by atoms with Gasteiger partial charge in [0.25, 0.3) is 11.8 Å². The first-order valence-corrected chi connectivity index (χ1v) is 7.56. The third-order valence-corrected chi connectivity index (χ3v) is 4.22. The summed E-state index contributed by atoms with van der Waals surface area (Å²) in [6.45, 7) is 0. The third-order valence-electron chi connectivity index (χ3n) is 4.22. The quantitative estimate of drug-likeness (QED) is 0.469. The molecule has 31 heavy (non-hydrogen) atoms. The second-order valence-electron chi connectivity index (χ2n) is 6.34. The van der Waals surface area contributed by atoms with Crippen molar-refractivity contribution in [2.24, 2.45) is 0 Å². The van der Waals surface area contributed by atoms with E-state index in [0.29, 0.717) is 18.2 Å². The molecule has 3 nitrogen and oxygen atoms in total. The number of amides is 2. The molecular weight excluding hydrogens is 473 g/mol. The van der Waals surface area contributed by atoms with Crippen LogP contribution in [0.15, 0.2) is 18.2 Å². The topological polar surface area (TPSA) is 46.2 Å². The minimum Gasteiger partial charge on any atom is -0.288 e. The third kappa shape index (κ3) is 3.39. The van der Waals surface area contributed by atoms with Gasteiger partial charge < -0.3 is 0 Å². The van der Waals surface area contributed by atoms with E-state index in [1.807, 2.05) is 0 Å². The molecule has 2 rings (SSSR count). The second-order valence-corrected chi connectivity index (χ2v) is 6.34. The highest BCUT2D eigenvalue weighted by molar-refractivity contribution is 6.21. The molecule has 1 aliphatic heterocycles. The number of halogens is 13. The molecule has 0 fully saturated rings. The summed E-state index contributed by atoms with van der Waals surface area (Å²) in [6, 6.07) is 1.38. The lowest BCUT2D eigenvalue weighted by Gasteiger charge is -2.39. The van der Waals surface area contributed by atoms with Gasteiger partial charge in [0.05, 0.1) is 11.1 Å². The number of hydrogen-bond donors (Lipinski definition) is 1. The Balaban J connectivity index is 2.46. The molecule has 0 saturated carbocycles. The molecule has 1 aliphatic rings. The largest absolute Gasteiger partial charge is 0.460 e. The van der Waals surface area contributed by atoms with Crippen molar-refractivity contribution in [3.05, 3.63) is 34.9 Å². The van der Waals surface area contributed by atoms with Crippen molar-refractivity contribution >= 4 is 11.8 Å². The van der Waals surface area contributed by atoms with Crippen LogP contribution < -0.4 is 5.32 Å².